The number of unbranched alkanes of at least 4 members (excludes halogenated alkanes) is 1. The molecule has 0 aromatic rings. The van der Waals surface area contributed by atoms with Crippen molar-refractivity contribution < 1.29 is 24.2 Å². The first-order valence-corrected chi connectivity index (χ1v) is 11.5. The first-order chi connectivity index (χ1) is 13.6. The van der Waals surface area contributed by atoms with Crippen molar-refractivity contribution in [3.05, 3.63) is 0 Å². The van der Waals surface area contributed by atoms with Crippen molar-refractivity contribution in [2.75, 3.05) is 19.8 Å². The molecule has 0 saturated carbocycles. The average molecular weight is 427 g/mol. The number of aliphatic hydroxyl groups excluding tert-OH is 1. The lowest BCUT2D eigenvalue weighted by Gasteiger charge is -2.39. The zero-order valence-corrected chi connectivity index (χ0v) is 18.9. The summed E-state index contributed by atoms with van der Waals surface area (Å²) in [6.07, 6.45) is 2.00. The number of hydrogen-bond donors (Lipinski definition) is 2. The minimum absolute atomic E-state index is 0.0162. The summed E-state index contributed by atoms with van der Waals surface area (Å²) in [5.41, 5.74) is -0.420. The van der Waals surface area contributed by atoms with Crippen LogP contribution >= 0.6 is 11.8 Å². The highest BCUT2D eigenvalue weighted by Crippen LogP contribution is 2.68. The molecule has 1 spiro atoms. The second-order valence-electron chi connectivity index (χ2n) is 9.51. The number of esters is 1. The Morgan fingerprint density at radius 3 is 2.62 bits per heavy atom. The number of rotatable bonds is 7. The van der Waals surface area contributed by atoms with E-state index in [1.165, 1.54) is 0 Å². The van der Waals surface area contributed by atoms with Gasteiger partial charge in [0, 0.05) is 23.9 Å². The van der Waals surface area contributed by atoms with Gasteiger partial charge in [0.05, 0.1) is 23.2 Å². The van der Waals surface area contributed by atoms with Crippen LogP contribution < -0.4 is 5.32 Å². The first-order valence-electron chi connectivity index (χ1n) is 10.7. The van der Waals surface area contributed by atoms with E-state index >= 15 is 0 Å². The topological polar surface area (TPSA) is 95.9 Å². The van der Waals surface area contributed by atoms with Gasteiger partial charge in [-0.25, -0.2) is 0 Å². The maximum absolute atomic E-state index is 13.6. The zero-order chi connectivity index (χ0) is 21.6. The number of nitrogens with zero attached hydrogens (tertiary/aromatic N) is 1. The Morgan fingerprint density at radius 2 is 2.03 bits per heavy atom. The molecule has 2 amide bonds. The number of thioether (sulfide) groups is 1. The molecule has 0 aromatic heterocycles. The zero-order valence-electron chi connectivity index (χ0n) is 18.1. The third-order valence-corrected chi connectivity index (χ3v) is 8.43. The molecule has 164 valence electrons. The molecule has 29 heavy (non-hydrogen) atoms. The van der Waals surface area contributed by atoms with Crippen molar-refractivity contribution >= 4 is 29.5 Å². The van der Waals surface area contributed by atoms with Crippen LogP contribution in [0.5, 0.6) is 0 Å². The number of nitrogens with one attached hydrogen (secondary N) is 1. The number of carbonyl (C=O) groups is 3. The SMILES string of the molecule is CCOC(=O)[C@@H]1[C@@H]2CC(C)C3(S2)C(C(=O)NC(C)(C)C)N(CCCCO)C(=O)[C@H]13. The molecule has 0 radical (unpaired) electrons. The van der Waals surface area contributed by atoms with E-state index in [9.17, 15) is 14.4 Å². The third-order valence-electron chi connectivity index (χ3n) is 6.36. The summed E-state index contributed by atoms with van der Waals surface area (Å²) in [5, 5.41) is 12.3. The molecule has 0 aromatic carbocycles. The Balaban J connectivity index is 2.00. The number of ether oxygens (including phenoxy) is 1. The summed E-state index contributed by atoms with van der Waals surface area (Å²) in [5.74, 6) is -1.44. The maximum atomic E-state index is 13.6. The lowest BCUT2D eigenvalue weighted by molar-refractivity contribution is -0.154. The lowest BCUT2D eigenvalue weighted by atomic mass is 9.66. The molecule has 3 fully saturated rings. The van der Waals surface area contributed by atoms with Gasteiger partial charge in [0.25, 0.3) is 0 Å². The summed E-state index contributed by atoms with van der Waals surface area (Å²) in [7, 11) is 0. The molecule has 3 heterocycles. The van der Waals surface area contributed by atoms with Crippen molar-refractivity contribution in [2.45, 2.75) is 75.5 Å². The predicted octanol–water partition coefficient (Wildman–Crippen LogP) is 1.57. The highest BCUT2D eigenvalue weighted by atomic mass is 32.2. The van der Waals surface area contributed by atoms with Gasteiger partial charge in [0.15, 0.2) is 0 Å². The number of likely N-dealkylation sites (tertiary alicyclic amines) is 1. The second kappa shape index (κ2) is 8.10. The Bertz CT molecular complexity index is 678. The van der Waals surface area contributed by atoms with E-state index in [0.717, 1.165) is 6.42 Å². The number of carbonyl (C=O) groups excluding carboxylic acids is 3. The fourth-order valence-electron chi connectivity index (χ4n) is 5.40. The van der Waals surface area contributed by atoms with Crippen LogP contribution in [0.15, 0.2) is 0 Å². The smallest absolute Gasteiger partial charge is 0.310 e. The van der Waals surface area contributed by atoms with E-state index in [0.29, 0.717) is 19.4 Å². The van der Waals surface area contributed by atoms with Gasteiger partial charge in [-0.3, -0.25) is 14.4 Å². The van der Waals surface area contributed by atoms with Crippen LogP contribution in [0.2, 0.25) is 0 Å². The van der Waals surface area contributed by atoms with Crippen LogP contribution in [-0.2, 0) is 19.1 Å². The lowest BCUT2D eigenvalue weighted by Crippen LogP contribution is -2.59. The van der Waals surface area contributed by atoms with Gasteiger partial charge >= 0.3 is 5.97 Å². The molecule has 3 saturated heterocycles. The molecule has 7 nitrogen and oxygen atoms in total. The highest BCUT2D eigenvalue weighted by molar-refractivity contribution is 8.02. The third kappa shape index (κ3) is 3.67. The Labute approximate surface area is 177 Å². The van der Waals surface area contributed by atoms with Crippen molar-refractivity contribution in [1.82, 2.24) is 10.2 Å². The summed E-state index contributed by atoms with van der Waals surface area (Å²) < 4.78 is 4.72. The van der Waals surface area contributed by atoms with Crippen LogP contribution in [0.3, 0.4) is 0 Å². The van der Waals surface area contributed by atoms with E-state index in [2.05, 4.69) is 12.2 Å². The highest BCUT2D eigenvalue weighted by Gasteiger charge is 2.76. The fraction of sp³-hybridized carbons (Fsp3) is 0.857. The van der Waals surface area contributed by atoms with Gasteiger partial charge in [0.1, 0.15) is 6.04 Å². The quantitative estimate of drug-likeness (QED) is 0.474. The predicted molar refractivity (Wildman–Crippen MR) is 111 cm³/mol. The van der Waals surface area contributed by atoms with Crippen molar-refractivity contribution in [3.63, 3.8) is 0 Å². The number of amides is 2. The van der Waals surface area contributed by atoms with E-state index in [1.54, 1.807) is 23.6 Å². The number of hydrogen-bond acceptors (Lipinski definition) is 6. The van der Waals surface area contributed by atoms with Gasteiger partial charge in [-0.05, 0) is 52.9 Å². The summed E-state index contributed by atoms with van der Waals surface area (Å²) in [6, 6.07) is -0.609. The molecule has 2 bridgehead atoms. The first kappa shape index (κ1) is 22.4. The minimum Gasteiger partial charge on any atom is -0.466 e. The average Bonchev–Trinajstić information content (AvgIpc) is 3.18. The van der Waals surface area contributed by atoms with Crippen LogP contribution in [0.4, 0.5) is 0 Å². The molecule has 2 N–H and O–H groups in total. The molecule has 3 rings (SSSR count). The maximum Gasteiger partial charge on any atom is 0.310 e. The molecular weight excluding hydrogens is 392 g/mol. The van der Waals surface area contributed by atoms with E-state index in [-0.39, 0.29) is 42.2 Å². The summed E-state index contributed by atoms with van der Waals surface area (Å²) in [6.45, 7) is 10.4. The van der Waals surface area contributed by atoms with Gasteiger partial charge in [-0.15, -0.1) is 11.8 Å². The van der Waals surface area contributed by atoms with Gasteiger partial charge in [0.2, 0.25) is 11.8 Å². The summed E-state index contributed by atoms with van der Waals surface area (Å²) in [4.78, 5) is 41.5. The second-order valence-corrected chi connectivity index (χ2v) is 11.1. The Morgan fingerprint density at radius 1 is 1.34 bits per heavy atom. The van der Waals surface area contributed by atoms with Crippen molar-refractivity contribution in [2.24, 2.45) is 17.8 Å². The van der Waals surface area contributed by atoms with E-state index < -0.39 is 28.2 Å². The molecule has 8 heteroatoms. The molecule has 3 unspecified atom stereocenters. The Kier molecular flexibility index (Phi) is 6.26. The van der Waals surface area contributed by atoms with Crippen LogP contribution in [0, 0.1) is 17.8 Å². The molecule has 0 aliphatic carbocycles. The van der Waals surface area contributed by atoms with Gasteiger partial charge in [-0.2, -0.15) is 0 Å². The largest absolute Gasteiger partial charge is 0.466 e. The molecule has 3 aliphatic rings. The molecule has 3 aliphatic heterocycles. The minimum atomic E-state index is -0.609. The summed E-state index contributed by atoms with van der Waals surface area (Å²) >= 11 is 1.66. The van der Waals surface area contributed by atoms with Crippen molar-refractivity contribution in [1.29, 1.82) is 0 Å². The number of fused-ring (bicyclic) bond motifs is 1. The molecule has 6 atom stereocenters. The van der Waals surface area contributed by atoms with Gasteiger partial charge in [-0.1, -0.05) is 6.92 Å². The van der Waals surface area contributed by atoms with E-state index in [4.69, 9.17) is 9.84 Å². The van der Waals surface area contributed by atoms with Gasteiger partial charge < -0.3 is 20.1 Å². The normalized spacial score (nSPS) is 35.7. The van der Waals surface area contributed by atoms with E-state index in [1.807, 2.05) is 20.8 Å². The Hall–Kier alpha value is -1.28. The van der Waals surface area contributed by atoms with Crippen LogP contribution in [0.1, 0.15) is 53.9 Å². The van der Waals surface area contributed by atoms with Crippen molar-refractivity contribution in [3.8, 4) is 0 Å². The molecular formula is C21H34N2O5S. The monoisotopic (exact) mass is 426 g/mol. The van der Waals surface area contributed by atoms with Crippen LogP contribution in [0.25, 0.3) is 0 Å². The van der Waals surface area contributed by atoms with Crippen LogP contribution in [-0.4, -0.2) is 69.1 Å². The number of aliphatic hydroxyl groups is 1. The standard InChI is InChI=1S/C21H34N2O5S/c1-6-28-19(27)14-13-11-12(2)21(29-13)15(14)18(26)23(9-7-8-10-24)16(21)17(25)22-20(3,4)5/h12-16,24H,6-11H2,1-5H3,(H,22,25)/t12?,13-,14+,15-,16?,21?/m0/s1. The fourth-order valence-corrected chi connectivity index (χ4v) is 7.81.